The monoisotopic (exact) mass is 312 g/mol. The first-order valence-corrected chi connectivity index (χ1v) is 7.85. The molecule has 0 aliphatic heterocycles. The fourth-order valence-electron chi connectivity index (χ4n) is 2.03. The van der Waals surface area contributed by atoms with Crippen LogP contribution in [0.4, 0.5) is 5.13 Å². The van der Waals surface area contributed by atoms with Gasteiger partial charge in [0.2, 0.25) is 0 Å². The number of fused-ring (bicyclic) bond motifs is 3. The van der Waals surface area contributed by atoms with E-state index in [0.717, 1.165) is 20.4 Å². The van der Waals surface area contributed by atoms with Crippen molar-refractivity contribution in [2.45, 2.75) is 0 Å². The number of nitrogens with zero attached hydrogens (tertiary/aromatic N) is 3. The van der Waals surface area contributed by atoms with Gasteiger partial charge in [0.15, 0.2) is 5.13 Å². The first-order chi connectivity index (χ1) is 10.3. The number of anilines is 1. The molecule has 3 heterocycles. The maximum Gasteiger partial charge on any atom is 0.259 e. The van der Waals surface area contributed by atoms with Gasteiger partial charge in [-0.15, -0.1) is 11.3 Å². The van der Waals surface area contributed by atoms with Crippen LogP contribution in [-0.4, -0.2) is 20.9 Å². The summed E-state index contributed by atoms with van der Waals surface area (Å²) < 4.78 is 2.16. The normalized spacial score (nSPS) is 11.0. The van der Waals surface area contributed by atoms with Crippen molar-refractivity contribution < 1.29 is 4.79 Å². The third kappa shape index (κ3) is 2.16. The van der Waals surface area contributed by atoms with Crippen LogP contribution in [0.2, 0.25) is 0 Å². The van der Waals surface area contributed by atoms with E-state index in [2.05, 4.69) is 20.3 Å². The van der Waals surface area contributed by atoms with Crippen LogP contribution < -0.4 is 5.32 Å². The second-order valence-electron chi connectivity index (χ2n) is 4.33. The zero-order valence-corrected chi connectivity index (χ0v) is 12.2. The molecule has 4 aromatic rings. The van der Waals surface area contributed by atoms with Crippen molar-refractivity contribution in [3.05, 3.63) is 47.7 Å². The fourth-order valence-corrected chi connectivity index (χ4v) is 3.92. The molecule has 0 bridgehead atoms. The maximum atomic E-state index is 12.1. The molecule has 1 aromatic carbocycles. The molecule has 5 nitrogen and oxygen atoms in total. The van der Waals surface area contributed by atoms with Gasteiger partial charge >= 0.3 is 0 Å². The van der Waals surface area contributed by atoms with Gasteiger partial charge in [0.05, 0.1) is 31.5 Å². The van der Waals surface area contributed by atoms with Gasteiger partial charge in [-0.3, -0.25) is 15.1 Å². The maximum absolute atomic E-state index is 12.1. The number of rotatable bonds is 2. The summed E-state index contributed by atoms with van der Waals surface area (Å²) in [6, 6.07) is 7.32. The van der Waals surface area contributed by atoms with Crippen LogP contribution >= 0.6 is 22.7 Å². The summed E-state index contributed by atoms with van der Waals surface area (Å²) in [6.45, 7) is 0. The molecule has 4 rings (SSSR count). The highest BCUT2D eigenvalue weighted by Gasteiger charge is 2.12. The van der Waals surface area contributed by atoms with Crippen LogP contribution in [0.3, 0.4) is 0 Å². The Kier molecular flexibility index (Phi) is 2.87. The lowest BCUT2D eigenvalue weighted by Gasteiger charge is -1.99. The second-order valence-corrected chi connectivity index (χ2v) is 6.18. The van der Waals surface area contributed by atoms with Crippen LogP contribution in [0, 0.1) is 0 Å². The predicted octanol–water partition coefficient (Wildman–Crippen LogP) is 3.55. The van der Waals surface area contributed by atoms with E-state index in [-0.39, 0.29) is 5.91 Å². The van der Waals surface area contributed by atoms with Gasteiger partial charge in [-0.2, -0.15) is 0 Å². The molecule has 0 atom stereocenters. The summed E-state index contributed by atoms with van der Waals surface area (Å²) in [6.07, 6.45) is 3.17. The number of benzene rings is 1. The largest absolute Gasteiger partial charge is 0.298 e. The van der Waals surface area contributed by atoms with E-state index in [4.69, 9.17) is 0 Å². The van der Waals surface area contributed by atoms with Gasteiger partial charge < -0.3 is 0 Å². The first-order valence-electron chi connectivity index (χ1n) is 6.15. The van der Waals surface area contributed by atoms with Crippen molar-refractivity contribution in [1.82, 2.24) is 15.0 Å². The molecule has 0 spiro atoms. The quantitative estimate of drug-likeness (QED) is 0.614. The lowest BCUT2D eigenvalue weighted by Crippen LogP contribution is -2.11. The highest BCUT2D eigenvalue weighted by Crippen LogP contribution is 2.34. The highest BCUT2D eigenvalue weighted by atomic mass is 32.1. The van der Waals surface area contributed by atoms with Crippen molar-refractivity contribution >= 4 is 54.1 Å². The Morgan fingerprint density at radius 1 is 1.14 bits per heavy atom. The molecule has 102 valence electrons. The zero-order chi connectivity index (χ0) is 14.2. The summed E-state index contributed by atoms with van der Waals surface area (Å²) in [5.41, 5.74) is 4.16. The molecule has 0 saturated heterocycles. The van der Waals surface area contributed by atoms with E-state index in [1.807, 2.05) is 17.6 Å². The van der Waals surface area contributed by atoms with Gasteiger partial charge in [-0.25, -0.2) is 9.97 Å². The average Bonchev–Trinajstić information content (AvgIpc) is 3.12. The van der Waals surface area contributed by atoms with Crippen LogP contribution in [-0.2, 0) is 0 Å². The molecule has 0 aliphatic rings. The van der Waals surface area contributed by atoms with Gasteiger partial charge in [0.25, 0.3) is 5.91 Å². The number of hydrogen-bond donors (Lipinski definition) is 1. The standard InChI is InChI=1S/C14H8N4OS2/c19-13(8-2-1-5-15-6-8)18-14-17-10-4-3-9-11(12(10)21-14)20-7-16-9/h1-7H,(H,17,18,19). The number of carbonyl (C=O) groups is 1. The molecule has 1 N–H and O–H groups in total. The Labute approximate surface area is 127 Å². The molecule has 7 heteroatoms. The van der Waals surface area contributed by atoms with Crippen molar-refractivity contribution in [2.24, 2.45) is 0 Å². The van der Waals surface area contributed by atoms with Crippen LogP contribution in [0.1, 0.15) is 10.4 Å². The third-order valence-electron chi connectivity index (χ3n) is 3.00. The summed E-state index contributed by atoms with van der Waals surface area (Å²) in [7, 11) is 0. The molecule has 0 radical (unpaired) electrons. The van der Waals surface area contributed by atoms with E-state index >= 15 is 0 Å². The average molecular weight is 312 g/mol. The number of aromatic nitrogens is 3. The first kappa shape index (κ1) is 12.4. The van der Waals surface area contributed by atoms with Gasteiger partial charge in [-0.1, -0.05) is 11.3 Å². The Morgan fingerprint density at radius 3 is 2.90 bits per heavy atom. The molecule has 0 saturated carbocycles. The lowest BCUT2D eigenvalue weighted by atomic mass is 10.3. The fraction of sp³-hybridized carbons (Fsp3) is 0. The van der Waals surface area contributed by atoms with Crippen molar-refractivity contribution in [1.29, 1.82) is 0 Å². The molecule has 21 heavy (non-hydrogen) atoms. The Balaban J connectivity index is 1.72. The number of amides is 1. The minimum Gasteiger partial charge on any atom is -0.298 e. The number of carbonyl (C=O) groups excluding carboxylic acids is 1. The molecule has 3 aromatic heterocycles. The van der Waals surface area contributed by atoms with Gasteiger partial charge in [-0.05, 0) is 24.3 Å². The molecule has 0 aliphatic carbocycles. The van der Waals surface area contributed by atoms with Crippen molar-refractivity contribution in [3.8, 4) is 0 Å². The molecular formula is C14H8N4OS2. The summed E-state index contributed by atoms with van der Waals surface area (Å²) >= 11 is 3.04. The Morgan fingerprint density at radius 2 is 2.05 bits per heavy atom. The van der Waals surface area contributed by atoms with Crippen molar-refractivity contribution in [2.75, 3.05) is 5.32 Å². The molecule has 1 amide bonds. The van der Waals surface area contributed by atoms with E-state index < -0.39 is 0 Å². The highest BCUT2D eigenvalue weighted by molar-refractivity contribution is 7.28. The topological polar surface area (TPSA) is 67.8 Å². The van der Waals surface area contributed by atoms with Gasteiger partial charge in [0.1, 0.15) is 0 Å². The Hall–Kier alpha value is -2.38. The summed E-state index contributed by atoms with van der Waals surface area (Å²) in [5, 5.41) is 3.40. The number of hydrogen-bond acceptors (Lipinski definition) is 6. The van der Waals surface area contributed by atoms with Crippen LogP contribution in [0.25, 0.3) is 20.4 Å². The Bertz CT molecular complexity index is 945. The predicted molar refractivity (Wildman–Crippen MR) is 85.0 cm³/mol. The molecular weight excluding hydrogens is 304 g/mol. The lowest BCUT2D eigenvalue weighted by molar-refractivity contribution is 0.102. The smallest absolute Gasteiger partial charge is 0.259 e. The number of nitrogens with one attached hydrogen (secondary N) is 1. The van der Waals surface area contributed by atoms with Crippen LogP contribution in [0.15, 0.2) is 42.2 Å². The minimum absolute atomic E-state index is 0.206. The van der Waals surface area contributed by atoms with E-state index in [1.54, 1.807) is 29.7 Å². The van der Waals surface area contributed by atoms with Crippen molar-refractivity contribution in [3.63, 3.8) is 0 Å². The van der Waals surface area contributed by atoms with Gasteiger partial charge in [0, 0.05) is 12.4 Å². The minimum atomic E-state index is -0.206. The summed E-state index contributed by atoms with van der Waals surface area (Å²) in [5.74, 6) is -0.206. The molecule has 0 fully saturated rings. The summed E-state index contributed by atoms with van der Waals surface area (Å²) in [4.78, 5) is 24.8. The molecule has 0 unspecified atom stereocenters. The van der Waals surface area contributed by atoms with E-state index in [9.17, 15) is 4.79 Å². The van der Waals surface area contributed by atoms with E-state index in [0.29, 0.717) is 10.7 Å². The SMILES string of the molecule is O=C(Nc1nc2ccc3ncsc3c2s1)c1cccnc1. The van der Waals surface area contributed by atoms with E-state index in [1.165, 1.54) is 17.5 Å². The number of thiazole rings is 2. The third-order valence-corrected chi connectivity index (χ3v) is 4.99. The number of pyridine rings is 1. The second kappa shape index (κ2) is 4.87. The zero-order valence-electron chi connectivity index (χ0n) is 10.6. The van der Waals surface area contributed by atoms with Crippen LogP contribution in [0.5, 0.6) is 0 Å².